The number of hydrogen-bond donors (Lipinski definition) is 3. The lowest BCUT2D eigenvalue weighted by molar-refractivity contribution is -0.139. The van der Waals surface area contributed by atoms with E-state index in [1.54, 1.807) is 0 Å². The molecule has 2 unspecified atom stereocenters. The first kappa shape index (κ1) is 29.0. The maximum atomic E-state index is 15.5. The maximum absolute atomic E-state index is 15.5. The van der Waals surface area contributed by atoms with E-state index in [1.807, 2.05) is 0 Å². The first-order valence-electron chi connectivity index (χ1n) is 12.3. The number of carbonyl (C=O) groups excluding carboxylic acids is 2. The van der Waals surface area contributed by atoms with E-state index in [0.29, 0.717) is 0 Å². The van der Waals surface area contributed by atoms with Gasteiger partial charge in [0, 0.05) is 24.8 Å². The van der Waals surface area contributed by atoms with E-state index in [1.165, 1.54) is 11.4 Å². The zero-order valence-corrected chi connectivity index (χ0v) is 20.3. The summed E-state index contributed by atoms with van der Waals surface area (Å²) in [6.07, 6.45) is -10.4. The van der Waals surface area contributed by atoms with Crippen molar-refractivity contribution in [2.75, 3.05) is 6.54 Å². The number of aromatic amines is 1. The Hall–Kier alpha value is -3.00. The summed E-state index contributed by atoms with van der Waals surface area (Å²) >= 11 is 0. The van der Waals surface area contributed by atoms with Crippen LogP contribution in [0.4, 0.5) is 39.5 Å². The van der Waals surface area contributed by atoms with E-state index in [4.69, 9.17) is 0 Å². The fraction of sp³-hybridized carbons (Fsp3) is 0.625. The Kier molecular flexibility index (Phi) is 7.83. The molecule has 1 aromatic carbocycles. The molecule has 216 valence electrons. The molecule has 4 rings (SSSR count). The summed E-state index contributed by atoms with van der Waals surface area (Å²) in [5, 5.41) is 3.96. The average molecular weight is 572 g/mol. The minimum absolute atomic E-state index is 0.0143. The van der Waals surface area contributed by atoms with Gasteiger partial charge in [-0.1, -0.05) is 6.07 Å². The van der Waals surface area contributed by atoms with Crippen LogP contribution < -0.4 is 10.6 Å². The smallest absolute Gasteiger partial charge is 0.346 e. The van der Waals surface area contributed by atoms with Crippen LogP contribution in [0.15, 0.2) is 12.1 Å². The highest BCUT2D eigenvalue weighted by molar-refractivity contribution is 5.88. The van der Waals surface area contributed by atoms with Gasteiger partial charge in [0.25, 0.3) is 5.91 Å². The molecule has 1 aromatic heterocycles. The molecular weight excluding hydrogens is 547 g/mol. The zero-order chi connectivity index (χ0) is 28.8. The second-order valence-corrected chi connectivity index (χ2v) is 10.1. The fourth-order valence-electron chi connectivity index (χ4n) is 4.77. The highest BCUT2D eigenvalue weighted by atomic mass is 19.4. The Morgan fingerprint density at radius 1 is 1.08 bits per heavy atom. The van der Waals surface area contributed by atoms with Crippen LogP contribution in [0.2, 0.25) is 0 Å². The molecule has 0 spiro atoms. The molecule has 2 aromatic rings. The number of nitrogens with one attached hydrogen (secondary N) is 3. The molecular formula is C24H25F9N4O2. The number of rotatable bonds is 9. The quantitative estimate of drug-likeness (QED) is 0.342. The third kappa shape index (κ3) is 6.78. The lowest BCUT2D eigenvalue weighted by Gasteiger charge is -2.33. The van der Waals surface area contributed by atoms with Crippen molar-refractivity contribution in [3.05, 3.63) is 29.3 Å². The van der Waals surface area contributed by atoms with Gasteiger partial charge in [-0.2, -0.15) is 13.2 Å². The van der Waals surface area contributed by atoms with E-state index in [0.717, 1.165) is 6.07 Å². The fourth-order valence-corrected chi connectivity index (χ4v) is 4.77. The highest BCUT2D eigenvalue weighted by Gasteiger charge is 2.52. The second-order valence-electron chi connectivity index (χ2n) is 10.1. The van der Waals surface area contributed by atoms with Crippen molar-refractivity contribution >= 4 is 22.8 Å². The molecule has 6 nitrogen and oxygen atoms in total. The van der Waals surface area contributed by atoms with Crippen LogP contribution in [0.1, 0.15) is 68.3 Å². The number of H-pyrrole nitrogens is 1. The van der Waals surface area contributed by atoms with Gasteiger partial charge in [0.1, 0.15) is 17.9 Å². The molecule has 0 saturated heterocycles. The molecule has 3 N–H and O–H groups in total. The number of aromatic nitrogens is 2. The maximum Gasteiger partial charge on any atom is 0.405 e. The Morgan fingerprint density at radius 3 is 2.28 bits per heavy atom. The van der Waals surface area contributed by atoms with Crippen LogP contribution >= 0.6 is 0 Å². The Bertz CT molecular complexity index is 1220. The van der Waals surface area contributed by atoms with Crippen LogP contribution in [0, 0.1) is 11.7 Å². The van der Waals surface area contributed by atoms with Crippen LogP contribution in [-0.4, -0.2) is 52.5 Å². The van der Waals surface area contributed by atoms with E-state index >= 15 is 4.39 Å². The number of nitrogens with zero attached hydrogens (tertiary/aromatic N) is 1. The number of halogens is 9. The van der Waals surface area contributed by atoms with Crippen molar-refractivity contribution in [2.24, 2.45) is 5.92 Å². The van der Waals surface area contributed by atoms with Crippen molar-refractivity contribution in [2.45, 2.75) is 81.1 Å². The van der Waals surface area contributed by atoms with Crippen molar-refractivity contribution in [3.63, 3.8) is 0 Å². The van der Waals surface area contributed by atoms with Gasteiger partial charge in [-0.05, 0) is 37.7 Å². The largest absolute Gasteiger partial charge is 0.405 e. The highest BCUT2D eigenvalue weighted by Crippen LogP contribution is 2.44. The molecule has 2 aliphatic rings. The first-order valence-corrected chi connectivity index (χ1v) is 12.3. The Balaban J connectivity index is 1.67. The molecule has 2 atom stereocenters. The van der Waals surface area contributed by atoms with Gasteiger partial charge in [0.05, 0.1) is 17.5 Å². The van der Waals surface area contributed by atoms with Gasteiger partial charge in [0.15, 0.2) is 11.5 Å². The third-order valence-corrected chi connectivity index (χ3v) is 7.12. The standard InChI is InChI=1S/C24H25F9N4O2/c25-15(26)9-13(20(38)34-10-24(31,32)33)12-1-2-14-18(16(12)27)36-19(35-14)17(37-21(39)22(28)7-8-22)11-3-5-23(29,30)6-4-11/h1-2,11,13,15,17H,3-10H2,(H,34,38)(H,35,36)(H,37,39). The number of carbonyl (C=O) groups is 2. The van der Waals surface area contributed by atoms with E-state index in [2.05, 4.69) is 15.3 Å². The van der Waals surface area contributed by atoms with Gasteiger partial charge >= 0.3 is 6.18 Å². The minimum atomic E-state index is -4.83. The summed E-state index contributed by atoms with van der Waals surface area (Å²) in [7, 11) is 0. The molecule has 0 bridgehead atoms. The number of fused-ring (bicyclic) bond motifs is 1. The number of amides is 2. The van der Waals surface area contributed by atoms with E-state index in [9.17, 15) is 44.7 Å². The minimum Gasteiger partial charge on any atom is -0.346 e. The second kappa shape index (κ2) is 10.5. The number of imidazole rings is 1. The van der Waals surface area contributed by atoms with Crippen molar-refractivity contribution in [3.8, 4) is 0 Å². The van der Waals surface area contributed by atoms with Gasteiger partial charge in [0.2, 0.25) is 18.3 Å². The summed E-state index contributed by atoms with van der Waals surface area (Å²) in [5.41, 5.74) is -3.21. The normalized spacial score (nSPS) is 20.6. The summed E-state index contributed by atoms with van der Waals surface area (Å²) in [6.45, 7) is -1.81. The number of alkyl halides is 8. The molecule has 2 fully saturated rings. The summed E-state index contributed by atoms with van der Waals surface area (Å²) < 4.78 is 121. The lowest BCUT2D eigenvalue weighted by atomic mass is 9.81. The van der Waals surface area contributed by atoms with Gasteiger partial charge in [-0.25, -0.2) is 31.3 Å². The number of hydrogen-bond acceptors (Lipinski definition) is 3. The molecule has 39 heavy (non-hydrogen) atoms. The predicted molar refractivity (Wildman–Crippen MR) is 119 cm³/mol. The van der Waals surface area contributed by atoms with Gasteiger partial charge in [-0.15, -0.1) is 0 Å². The summed E-state index contributed by atoms with van der Waals surface area (Å²) in [4.78, 5) is 31.6. The zero-order valence-electron chi connectivity index (χ0n) is 20.3. The molecule has 0 radical (unpaired) electrons. The lowest BCUT2D eigenvalue weighted by Crippen LogP contribution is -2.41. The van der Waals surface area contributed by atoms with Crippen molar-refractivity contribution < 1.29 is 49.1 Å². The SMILES string of the molecule is O=C(NCC(F)(F)F)C(CC(F)F)c1ccc2[nH]c(C(NC(=O)C3(F)CC3)C3CCC(F)(F)CC3)nc2c1F. The van der Waals surface area contributed by atoms with Crippen LogP contribution in [-0.2, 0) is 9.59 Å². The van der Waals surface area contributed by atoms with Crippen molar-refractivity contribution in [1.29, 1.82) is 0 Å². The van der Waals surface area contributed by atoms with Gasteiger partial charge < -0.3 is 15.6 Å². The summed E-state index contributed by atoms with van der Waals surface area (Å²) in [5.74, 6) is -9.29. The van der Waals surface area contributed by atoms with Crippen molar-refractivity contribution in [1.82, 2.24) is 20.6 Å². The molecule has 2 aliphatic carbocycles. The number of benzene rings is 1. The van der Waals surface area contributed by atoms with Gasteiger partial charge in [-0.3, -0.25) is 9.59 Å². The summed E-state index contributed by atoms with van der Waals surface area (Å²) in [6, 6.07) is 1.02. The predicted octanol–water partition coefficient (Wildman–Crippen LogP) is 5.60. The molecule has 15 heteroatoms. The van der Waals surface area contributed by atoms with Crippen LogP contribution in [0.25, 0.3) is 11.0 Å². The molecule has 2 saturated carbocycles. The molecule has 2 amide bonds. The van der Waals surface area contributed by atoms with Crippen LogP contribution in [0.5, 0.6) is 0 Å². The van der Waals surface area contributed by atoms with Crippen LogP contribution in [0.3, 0.4) is 0 Å². The molecule has 0 aliphatic heterocycles. The Morgan fingerprint density at radius 2 is 1.72 bits per heavy atom. The monoisotopic (exact) mass is 572 g/mol. The molecule has 1 heterocycles. The Labute approximate surface area is 216 Å². The van der Waals surface area contributed by atoms with E-state index < -0.39 is 96.6 Å². The van der Waals surface area contributed by atoms with E-state index in [-0.39, 0.29) is 37.0 Å². The third-order valence-electron chi connectivity index (χ3n) is 7.12. The first-order chi connectivity index (χ1) is 18.1. The average Bonchev–Trinajstić information content (AvgIpc) is 3.44. The topological polar surface area (TPSA) is 86.9 Å².